The molecule has 0 saturated heterocycles. The highest BCUT2D eigenvalue weighted by Gasteiger charge is 2.21. The minimum atomic E-state index is -0.180. The molecule has 5 nitrogen and oxygen atoms in total. The van der Waals surface area contributed by atoms with Crippen LogP contribution in [0.25, 0.3) is 0 Å². The van der Waals surface area contributed by atoms with Crippen molar-refractivity contribution in [1.29, 1.82) is 0 Å². The molecule has 5 heteroatoms. The molecular formula is C17H21N3O2. The summed E-state index contributed by atoms with van der Waals surface area (Å²) in [5.41, 5.74) is 3.17. The number of benzene rings is 1. The van der Waals surface area contributed by atoms with E-state index in [-0.39, 0.29) is 11.9 Å². The maximum Gasteiger partial charge on any atom is 0.273 e. The van der Waals surface area contributed by atoms with Crippen molar-refractivity contribution in [2.45, 2.75) is 32.9 Å². The summed E-state index contributed by atoms with van der Waals surface area (Å²) in [6.07, 6.45) is 1.07. The van der Waals surface area contributed by atoms with E-state index in [9.17, 15) is 4.79 Å². The van der Waals surface area contributed by atoms with Crippen molar-refractivity contribution >= 4 is 5.91 Å². The number of hydrogen-bond acceptors (Lipinski definition) is 4. The van der Waals surface area contributed by atoms with Crippen LogP contribution < -0.4 is 5.32 Å². The molecule has 0 saturated carbocycles. The van der Waals surface area contributed by atoms with E-state index in [4.69, 9.17) is 4.52 Å². The lowest BCUT2D eigenvalue weighted by atomic mass is 9.99. The number of carbonyl (C=O) groups is 1. The Morgan fingerprint density at radius 2 is 2.18 bits per heavy atom. The molecule has 1 unspecified atom stereocenters. The van der Waals surface area contributed by atoms with Crippen molar-refractivity contribution in [3.63, 3.8) is 0 Å². The molecule has 1 atom stereocenters. The molecule has 1 N–H and O–H groups in total. The van der Waals surface area contributed by atoms with Gasteiger partial charge in [-0.3, -0.25) is 9.69 Å². The van der Waals surface area contributed by atoms with E-state index >= 15 is 0 Å². The molecule has 0 radical (unpaired) electrons. The van der Waals surface area contributed by atoms with Crippen LogP contribution in [0.4, 0.5) is 0 Å². The second-order valence-electron chi connectivity index (χ2n) is 5.87. The Hall–Kier alpha value is -2.14. The van der Waals surface area contributed by atoms with Crippen molar-refractivity contribution in [3.8, 4) is 0 Å². The second-order valence-corrected chi connectivity index (χ2v) is 5.87. The molecule has 0 bridgehead atoms. The summed E-state index contributed by atoms with van der Waals surface area (Å²) < 4.78 is 4.93. The zero-order valence-corrected chi connectivity index (χ0v) is 13.0. The third-order valence-corrected chi connectivity index (χ3v) is 4.20. The maximum absolute atomic E-state index is 12.0. The van der Waals surface area contributed by atoms with Gasteiger partial charge in [0.2, 0.25) is 0 Å². The second kappa shape index (κ2) is 6.32. The maximum atomic E-state index is 12.0. The Kier molecular flexibility index (Phi) is 4.24. The summed E-state index contributed by atoms with van der Waals surface area (Å²) in [5.74, 6) is 0.465. The molecule has 2 heterocycles. The Bertz CT molecular complexity index is 665. The van der Waals surface area contributed by atoms with Gasteiger partial charge in [-0.05, 0) is 31.4 Å². The Labute approximate surface area is 130 Å². The third kappa shape index (κ3) is 3.20. The summed E-state index contributed by atoms with van der Waals surface area (Å²) >= 11 is 0. The first-order chi connectivity index (χ1) is 10.6. The molecule has 3 rings (SSSR count). The van der Waals surface area contributed by atoms with E-state index in [0.717, 1.165) is 19.5 Å². The van der Waals surface area contributed by atoms with Gasteiger partial charge in [-0.2, -0.15) is 0 Å². The smallest absolute Gasteiger partial charge is 0.273 e. The van der Waals surface area contributed by atoms with Crippen LogP contribution in [-0.4, -0.2) is 35.1 Å². The quantitative estimate of drug-likeness (QED) is 0.940. The normalized spacial score (nSPS) is 16.1. The lowest BCUT2D eigenvalue weighted by Crippen LogP contribution is -2.44. The Balaban J connectivity index is 1.55. The number of nitrogens with one attached hydrogen (secondary N) is 1. The minimum absolute atomic E-state index is 0.180. The fourth-order valence-corrected chi connectivity index (χ4v) is 2.83. The van der Waals surface area contributed by atoms with Gasteiger partial charge in [-0.25, -0.2) is 0 Å². The molecule has 0 aliphatic carbocycles. The highest BCUT2D eigenvalue weighted by Crippen LogP contribution is 2.19. The molecule has 0 spiro atoms. The van der Waals surface area contributed by atoms with Crippen LogP contribution in [0.1, 0.15) is 34.3 Å². The van der Waals surface area contributed by atoms with E-state index in [0.29, 0.717) is 18.0 Å². The van der Waals surface area contributed by atoms with Gasteiger partial charge in [0.15, 0.2) is 5.69 Å². The summed E-state index contributed by atoms with van der Waals surface area (Å²) in [5, 5.41) is 6.67. The number of aromatic nitrogens is 1. The van der Waals surface area contributed by atoms with Gasteiger partial charge in [0.05, 0.1) is 0 Å². The van der Waals surface area contributed by atoms with Gasteiger partial charge in [-0.15, -0.1) is 0 Å². The lowest BCUT2D eigenvalue weighted by molar-refractivity contribution is 0.0923. The molecule has 22 heavy (non-hydrogen) atoms. The number of hydrogen-bond donors (Lipinski definition) is 1. The zero-order valence-electron chi connectivity index (χ0n) is 13.0. The van der Waals surface area contributed by atoms with Crippen LogP contribution in [0.15, 0.2) is 34.9 Å². The fraction of sp³-hybridized carbons (Fsp3) is 0.412. The molecule has 2 aromatic rings. The molecular weight excluding hydrogens is 278 g/mol. The average molecular weight is 299 g/mol. The van der Waals surface area contributed by atoms with Crippen molar-refractivity contribution in [2.75, 3.05) is 13.1 Å². The van der Waals surface area contributed by atoms with Crippen molar-refractivity contribution in [1.82, 2.24) is 15.4 Å². The summed E-state index contributed by atoms with van der Waals surface area (Å²) in [4.78, 5) is 14.4. The van der Waals surface area contributed by atoms with E-state index in [1.165, 1.54) is 11.1 Å². The predicted molar refractivity (Wildman–Crippen MR) is 83.6 cm³/mol. The average Bonchev–Trinajstić information content (AvgIpc) is 2.98. The van der Waals surface area contributed by atoms with Crippen LogP contribution in [0.3, 0.4) is 0 Å². The van der Waals surface area contributed by atoms with Gasteiger partial charge in [0.25, 0.3) is 5.91 Å². The predicted octanol–water partition coefficient (Wildman–Crippen LogP) is 2.16. The summed E-state index contributed by atoms with van der Waals surface area (Å²) in [6, 6.07) is 10.5. The number of nitrogens with zero attached hydrogens (tertiary/aromatic N) is 2. The minimum Gasteiger partial charge on any atom is -0.361 e. The van der Waals surface area contributed by atoms with E-state index in [2.05, 4.69) is 46.6 Å². The van der Waals surface area contributed by atoms with Gasteiger partial charge in [0, 0.05) is 31.7 Å². The first-order valence-electron chi connectivity index (χ1n) is 7.66. The van der Waals surface area contributed by atoms with Crippen molar-refractivity contribution in [2.24, 2.45) is 0 Å². The third-order valence-electron chi connectivity index (χ3n) is 4.20. The number of rotatable bonds is 4. The first-order valence-corrected chi connectivity index (χ1v) is 7.66. The first kappa shape index (κ1) is 14.8. The number of amides is 1. The van der Waals surface area contributed by atoms with Gasteiger partial charge in [-0.1, -0.05) is 29.4 Å². The van der Waals surface area contributed by atoms with Crippen molar-refractivity contribution < 1.29 is 9.32 Å². The summed E-state index contributed by atoms with van der Waals surface area (Å²) in [6.45, 7) is 6.49. The topological polar surface area (TPSA) is 58.4 Å². The molecule has 1 aliphatic heterocycles. The number of fused-ring (bicyclic) bond motifs is 1. The van der Waals surface area contributed by atoms with Gasteiger partial charge >= 0.3 is 0 Å². The molecule has 116 valence electrons. The molecule has 1 aromatic heterocycles. The van der Waals surface area contributed by atoms with Gasteiger partial charge < -0.3 is 9.84 Å². The molecule has 0 fully saturated rings. The van der Waals surface area contributed by atoms with Crippen LogP contribution in [0.2, 0.25) is 0 Å². The van der Waals surface area contributed by atoms with Crippen LogP contribution in [0.5, 0.6) is 0 Å². The van der Waals surface area contributed by atoms with E-state index in [1.54, 1.807) is 13.0 Å². The monoisotopic (exact) mass is 299 g/mol. The molecule has 1 amide bonds. The highest BCUT2D eigenvalue weighted by atomic mass is 16.5. The van der Waals surface area contributed by atoms with Crippen LogP contribution in [-0.2, 0) is 13.0 Å². The molecule has 1 aliphatic rings. The van der Waals surface area contributed by atoms with E-state index in [1.807, 2.05) is 0 Å². The van der Waals surface area contributed by atoms with Crippen LogP contribution >= 0.6 is 0 Å². The fourth-order valence-electron chi connectivity index (χ4n) is 2.83. The highest BCUT2D eigenvalue weighted by molar-refractivity contribution is 5.92. The largest absolute Gasteiger partial charge is 0.361 e. The SMILES string of the molecule is Cc1cc(C(=O)NCC(C)N2CCc3ccccc3C2)no1. The number of aryl methyl sites for hydroxylation is 1. The summed E-state index contributed by atoms with van der Waals surface area (Å²) in [7, 11) is 0. The van der Waals surface area contributed by atoms with E-state index < -0.39 is 0 Å². The zero-order chi connectivity index (χ0) is 15.5. The Morgan fingerprint density at radius 3 is 2.91 bits per heavy atom. The standard InChI is InChI=1S/C17H21N3O2/c1-12(10-18-17(21)16-9-13(2)22-19-16)20-8-7-14-5-3-4-6-15(14)11-20/h3-6,9,12H,7-8,10-11H2,1-2H3,(H,18,21). The number of carbonyl (C=O) groups excluding carboxylic acids is 1. The lowest BCUT2D eigenvalue weighted by Gasteiger charge is -2.33. The molecule has 1 aromatic carbocycles. The van der Waals surface area contributed by atoms with Gasteiger partial charge in [0.1, 0.15) is 5.76 Å². The Morgan fingerprint density at radius 1 is 1.41 bits per heavy atom. The van der Waals surface area contributed by atoms with Crippen LogP contribution in [0, 0.1) is 6.92 Å². The van der Waals surface area contributed by atoms with Crippen molar-refractivity contribution in [3.05, 3.63) is 52.9 Å².